The van der Waals surface area contributed by atoms with Crippen molar-refractivity contribution in [3.05, 3.63) is 29.2 Å². The first-order valence-electron chi connectivity index (χ1n) is 9.57. The van der Waals surface area contributed by atoms with E-state index in [1.165, 1.54) is 0 Å². The summed E-state index contributed by atoms with van der Waals surface area (Å²) in [5.74, 6) is 0.475. The second-order valence-electron chi connectivity index (χ2n) is 7.29. The van der Waals surface area contributed by atoms with Gasteiger partial charge in [0.05, 0.1) is 12.8 Å². The third kappa shape index (κ3) is 4.04. The van der Waals surface area contributed by atoms with E-state index in [-0.39, 0.29) is 18.1 Å². The van der Waals surface area contributed by atoms with Gasteiger partial charge in [0.15, 0.2) is 0 Å². The Kier molecular flexibility index (Phi) is 4.96. The highest BCUT2D eigenvalue weighted by Crippen LogP contribution is 2.25. The Labute approximate surface area is 158 Å². The van der Waals surface area contributed by atoms with Crippen molar-refractivity contribution < 1.29 is 14.3 Å². The molecule has 0 bridgehead atoms. The van der Waals surface area contributed by atoms with Crippen LogP contribution in [0.15, 0.2) is 12.3 Å². The molecular formula is C19H25N5O3. The molecule has 8 heteroatoms. The van der Waals surface area contributed by atoms with Crippen LogP contribution in [0.2, 0.25) is 0 Å². The minimum atomic E-state index is -0.111. The zero-order chi connectivity index (χ0) is 18.8. The number of aryl methyl sites for hydroxylation is 3. The number of nitrogens with zero attached hydrogens (tertiary/aromatic N) is 4. The summed E-state index contributed by atoms with van der Waals surface area (Å²) in [5.41, 5.74) is 2.34. The van der Waals surface area contributed by atoms with Crippen molar-refractivity contribution >= 4 is 5.91 Å². The Balaban J connectivity index is 1.30. The van der Waals surface area contributed by atoms with Crippen LogP contribution < -0.4 is 14.8 Å². The van der Waals surface area contributed by atoms with Gasteiger partial charge >= 0.3 is 6.01 Å². The lowest BCUT2D eigenvalue weighted by Crippen LogP contribution is -2.40. The molecule has 1 N–H and O–H groups in total. The van der Waals surface area contributed by atoms with Gasteiger partial charge in [0.1, 0.15) is 11.7 Å². The number of rotatable bonds is 4. The highest BCUT2D eigenvalue weighted by atomic mass is 16.5. The van der Waals surface area contributed by atoms with Crippen molar-refractivity contribution in [2.45, 2.75) is 64.6 Å². The lowest BCUT2D eigenvalue weighted by Gasteiger charge is -2.29. The van der Waals surface area contributed by atoms with E-state index in [1.807, 2.05) is 19.9 Å². The summed E-state index contributed by atoms with van der Waals surface area (Å²) in [5, 5.41) is 7.36. The number of carbonyl (C=O) groups is 1. The van der Waals surface area contributed by atoms with Crippen LogP contribution in [0.5, 0.6) is 11.9 Å². The standard InChI is InChI=1S/C19H25N5O3/c1-12-10-13(2)22-19(21-12)27-15-6-4-14(5-7-15)23-17(25)16-11-20-24-8-3-9-26-18(16)24/h10-11,14-15H,3-9H2,1-2H3,(H,23,25). The fraction of sp³-hybridized carbons (Fsp3) is 0.579. The minimum Gasteiger partial charge on any atom is -0.477 e. The largest absolute Gasteiger partial charge is 0.477 e. The van der Waals surface area contributed by atoms with Gasteiger partial charge in [-0.15, -0.1) is 0 Å². The summed E-state index contributed by atoms with van der Waals surface area (Å²) >= 11 is 0. The molecule has 2 aromatic rings. The number of amides is 1. The smallest absolute Gasteiger partial charge is 0.317 e. The van der Waals surface area contributed by atoms with Gasteiger partial charge in [-0.1, -0.05) is 0 Å². The van der Waals surface area contributed by atoms with E-state index in [0.717, 1.165) is 50.0 Å². The molecule has 4 rings (SSSR count). The van der Waals surface area contributed by atoms with E-state index in [2.05, 4.69) is 20.4 Å². The number of carbonyl (C=O) groups excluding carboxylic acids is 1. The number of fused-ring (bicyclic) bond motifs is 1. The van der Waals surface area contributed by atoms with Gasteiger partial charge in [-0.05, 0) is 45.6 Å². The summed E-state index contributed by atoms with van der Waals surface area (Å²) in [7, 11) is 0. The van der Waals surface area contributed by atoms with Gasteiger partial charge in [-0.3, -0.25) is 4.79 Å². The average Bonchev–Trinajstić information content (AvgIpc) is 3.07. The Bertz CT molecular complexity index is 806. The fourth-order valence-electron chi connectivity index (χ4n) is 3.71. The molecule has 1 fully saturated rings. The lowest BCUT2D eigenvalue weighted by molar-refractivity contribution is 0.0878. The summed E-state index contributed by atoms with van der Waals surface area (Å²) in [6.45, 7) is 5.31. The molecule has 144 valence electrons. The molecular weight excluding hydrogens is 346 g/mol. The molecule has 0 spiro atoms. The molecule has 0 radical (unpaired) electrons. The number of aromatic nitrogens is 4. The van der Waals surface area contributed by atoms with Crippen molar-refractivity contribution in [1.82, 2.24) is 25.1 Å². The van der Waals surface area contributed by atoms with E-state index >= 15 is 0 Å². The van der Waals surface area contributed by atoms with E-state index in [1.54, 1.807) is 10.9 Å². The molecule has 1 saturated carbocycles. The van der Waals surface area contributed by atoms with Crippen molar-refractivity contribution in [3.63, 3.8) is 0 Å². The fourth-order valence-corrected chi connectivity index (χ4v) is 3.71. The van der Waals surface area contributed by atoms with Gasteiger partial charge in [0.25, 0.3) is 5.91 Å². The minimum absolute atomic E-state index is 0.0894. The van der Waals surface area contributed by atoms with Gasteiger partial charge in [-0.2, -0.15) is 5.10 Å². The molecule has 0 atom stereocenters. The zero-order valence-electron chi connectivity index (χ0n) is 15.8. The Hall–Kier alpha value is -2.64. The monoisotopic (exact) mass is 371 g/mol. The van der Waals surface area contributed by atoms with Crippen LogP contribution in [-0.2, 0) is 6.54 Å². The Morgan fingerprint density at radius 2 is 1.96 bits per heavy atom. The first-order chi connectivity index (χ1) is 13.1. The topological polar surface area (TPSA) is 91.2 Å². The molecule has 27 heavy (non-hydrogen) atoms. The quantitative estimate of drug-likeness (QED) is 0.886. The van der Waals surface area contributed by atoms with Gasteiger partial charge in [-0.25, -0.2) is 14.6 Å². The summed E-state index contributed by atoms with van der Waals surface area (Å²) in [6.07, 6.45) is 6.07. The number of nitrogens with one attached hydrogen (secondary N) is 1. The normalized spacial score (nSPS) is 21.9. The lowest BCUT2D eigenvalue weighted by atomic mass is 9.93. The van der Waals surface area contributed by atoms with Crippen LogP contribution in [0, 0.1) is 13.8 Å². The van der Waals surface area contributed by atoms with E-state index < -0.39 is 0 Å². The summed E-state index contributed by atoms with van der Waals surface area (Å²) in [6, 6.07) is 2.51. The van der Waals surface area contributed by atoms with E-state index in [4.69, 9.17) is 9.47 Å². The summed E-state index contributed by atoms with van der Waals surface area (Å²) < 4.78 is 13.3. The number of hydrogen-bond donors (Lipinski definition) is 1. The van der Waals surface area contributed by atoms with Gasteiger partial charge < -0.3 is 14.8 Å². The first-order valence-corrected chi connectivity index (χ1v) is 9.57. The first kappa shape index (κ1) is 17.8. The van der Waals surface area contributed by atoms with Crippen LogP contribution in [0.3, 0.4) is 0 Å². The van der Waals surface area contributed by atoms with Crippen LogP contribution in [0.1, 0.15) is 53.8 Å². The Morgan fingerprint density at radius 3 is 2.70 bits per heavy atom. The molecule has 8 nitrogen and oxygen atoms in total. The second-order valence-corrected chi connectivity index (χ2v) is 7.29. The summed E-state index contributed by atoms with van der Waals surface area (Å²) in [4.78, 5) is 21.3. The molecule has 2 aliphatic rings. The zero-order valence-corrected chi connectivity index (χ0v) is 15.8. The average molecular weight is 371 g/mol. The SMILES string of the molecule is Cc1cc(C)nc(OC2CCC(NC(=O)c3cnn4c3OCCC4)CC2)n1. The van der Waals surface area contributed by atoms with Crippen LogP contribution in [-0.4, -0.2) is 44.4 Å². The molecule has 0 saturated heterocycles. The maximum Gasteiger partial charge on any atom is 0.317 e. The molecule has 2 aromatic heterocycles. The Morgan fingerprint density at radius 1 is 1.22 bits per heavy atom. The predicted octanol–water partition coefficient (Wildman–Crippen LogP) is 2.19. The molecule has 1 amide bonds. The highest BCUT2D eigenvalue weighted by Gasteiger charge is 2.27. The number of ether oxygens (including phenoxy) is 2. The molecule has 0 unspecified atom stereocenters. The van der Waals surface area contributed by atoms with Crippen molar-refractivity contribution in [3.8, 4) is 11.9 Å². The van der Waals surface area contributed by atoms with Gasteiger partial charge in [0, 0.05) is 30.4 Å². The predicted molar refractivity (Wildman–Crippen MR) is 98.0 cm³/mol. The molecule has 1 aliphatic heterocycles. The van der Waals surface area contributed by atoms with Crippen LogP contribution >= 0.6 is 0 Å². The maximum absolute atomic E-state index is 12.6. The van der Waals surface area contributed by atoms with Crippen molar-refractivity contribution in [2.24, 2.45) is 0 Å². The molecule has 3 heterocycles. The number of hydrogen-bond acceptors (Lipinski definition) is 6. The highest BCUT2D eigenvalue weighted by molar-refractivity contribution is 5.96. The molecule has 1 aliphatic carbocycles. The molecule has 0 aromatic carbocycles. The van der Waals surface area contributed by atoms with E-state index in [9.17, 15) is 4.79 Å². The van der Waals surface area contributed by atoms with Crippen molar-refractivity contribution in [2.75, 3.05) is 6.61 Å². The van der Waals surface area contributed by atoms with Crippen LogP contribution in [0.25, 0.3) is 0 Å². The third-order valence-electron chi connectivity index (χ3n) is 5.03. The van der Waals surface area contributed by atoms with Gasteiger partial charge in [0.2, 0.25) is 5.88 Å². The van der Waals surface area contributed by atoms with E-state index in [0.29, 0.717) is 24.1 Å². The maximum atomic E-state index is 12.6. The third-order valence-corrected chi connectivity index (χ3v) is 5.03. The second kappa shape index (κ2) is 7.54. The van der Waals surface area contributed by atoms with Crippen molar-refractivity contribution in [1.29, 1.82) is 0 Å². The van der Waals surface area contributed by atoms with Crippen LogP contribution in [0.4, 0.5) is 0 Å².